The van der Waals surface area contributed by atoms with Gasteiger partial charge in [0.1, 0.15) is 11.3 Å². The number of aryl methyl sites for hydroxylation is 1. The van der Waals surface area contributed by atoms with Crippen LogP contribution in [-0.2, 0) is 0 Å². The Balaban J connectivity index is 2.27. The molecule has 2 rings (SSSR count). The fourth-order valence-electron chi connectivity index (χ4n) is 1.52. The van der Waals surface area contributed by atoms with E-state index in [1.54, 1.807) is 6.20 Å². The number of carbonyl (C=O) groups excluding carboxylic acids is 1. The summed E-state index contributed by atoms with van der Waals surface area (Å²) in [4.78, 5) is 16.0. The van der Waals surface area contributed by atoms with E-state index >= 15 is 0 Å². The molecule has 5 heteroatoms. The van der Waals surface area contributed by atoms with Crippen molar-refractivity contribution >= 4 is 27.5 Å². The monoisotopic (exact) mass is 293 g/mol. The third-order valence-corrected chi connectivity index (χ3v) is 2.65. The van der Waals surface area contributed by atoms with E-state index in [2.05, 4.69) is 32.8 Å². The number of rotatable bonds is 3. The SMILES string of the molecule is C=C(Br)CNC(=O)c1cn2c(C)cccc2n1. The van der Waals surface area contributed by atoms with Gasteiger partial charge in [-0.05, 0) is 19.1 Å². The fraction of sp³-hybridized carbons (Fsp3) is 0.167. The third-order valence-electron chi connectivity index (χ3n) is 2.37. The molecule has 0 spiro atoms. The maximum Gasteiger partial charge on any atom is 0.271 e. The largest absolute Gasteiger partial charge is 0.346 e. The summed E-state index contributed by atoms with van der Waals surface area (Å²) in [7, 11) is 0. The number of pyridine rings is 1. The molecule has 0 saturated carbocycles. The van der Waals surface area contributed by atoms with Gasteiger partial charge in [0.15, 0.2) is 0 Å². The Morgan fingerprint density at radius 2 is 2.35 bits per heavy atom. The van der Waals surface area contributed by atoms with Crippen molar-refractivity contribution in [2.24, 2.45) is 0 Å². The smallest absolute Gasteiger partial charge is 0.271 e. The van der Waals surface area contributed by atoms with Crippen molar-refractivity contribution in [2.75, 3.05) is 6.54 Å². The first kappa shape index (κ1) is 11.9. The quantitative estimate of drug-likeness (QED) is 0.944. The Labute approximate surface area is 107 Å². The molecule has 0 unspecified atom stereocenters. The molecule has 0 aliphatic carbocycles. The van der Waals surface area contributed by atoms with Crippen LogP contribution in [0.15, 0.2) is 35.5 Å². The summed E-state index contributed by atoms with van der Waals surface area (Å²) in [5, 5.41) is 2.72. The zero-order valence-corrected chi connectivity index (χ0v) is 11.0. The van der Waals surface area contributed by atoms with Gasteiger partial charge >= 0.3 is 0 Å². The highest BCUT2D eigenvalue weighted by molar-refractivity contribution is 9.11. The Kier molecular flexibility index (Phi) is 3.28. The Hall–Kier alpha value is -1.62. The van der Waals surface area contributed by atoms with Gasteiger partial charge in [0.25, 0.3) is 5.91 Å². The first-order valence-corrected chi connectivity index (χ1v) is 5.93. The van der Waals surface area contributed by atoms with E-state index in [9.17, 15) is 4.79 Å². The average molecular weight is 294 g/mol. The number of nitrogens with zero attached hydrogens (tertiary/aromatic N) is 2. The lowest BCUT2D eigenvalue weighted by Crippen LogP contribution is -2.24. The first-order chi connectivity index (χ1) is 8.08. The van der Waals surface area contributed by atoms with Gasteiger partial charge in [-0.2, -0.15) is 0 Å². The second-order valence-electron chi connectivity index (χ2n) is 3.72. The summed E-state index contributed by atoms with van der Waals surface area (Å²) in [6.07, 6.45) is 1.73. The lowest BCUT2D eigenvalue weighted by molar-refractivity contribution is 0.0953. The Morgan fingerprint density at radius 3 is 3.00 bits per heavy atom. The summed E-state index contributed by atoms with van der Waals surface area (Å²) in [5.74, 6) is -0.200. The van der Waals surface area contributed by atoms with E-state index in [0.717, 1.165) is 15.8 Å². The molecule has 0 aromatic carbocycles. The second-order valence-corrected chi connectivity index (χ2v) is 4.84. The minimum Gasteiger partial charge on any atom is -0.346 e. The van der Waals surface area contributed by atoms with Crippen molar-refractivity contribution in [1.82, 2.24) is 14.7 Å². The Bertz CT molecular complexity index is 588. The molecular formula is C12H12BrN3O. The van der Waals surface area contributed by atoms with Crippen LogP contribution < -0.4 is 5.32 Å². The van der Waals surface area contributed by atoms with Crippen LogP contribution in [-0.4, -0.2) is 21.8 Å². The topological polar surface area (TPSA) is 46.4 Å². The number of carbonyl (C=O) groups is 1. The minimum atomic E-state index is -0.200. The molecule has 0 bridgehead atoms. The average Bonchev–Trinajstić information content (AvgIpc) is 2.71. The van der Waals surface area contributed by atoms with Gasteiger partial charge in [0.05, 0.1) is 0 Å². The lowest BCUT2D eigenvalue weighted by Gasteiger charge is -1.99. The molecule has 1 N–H and O–H groups in total. The molecule has 4 nitrogen and oxygen atoms in total. The van der Waals surface area contributed by atoms with Crippen LogP contribution in [0.1, 0.15) is 16.2 Å². The number of imidazole rings is 1. The van der Waals surface area contributed by atoms with Gasteiger partial charge in [-0.15, -0.1) is 0 Å². The standard InChI is InChI=1S/C12H12BrN3O/c1-8(13)6-14-12(17)10-7-16-9(2)4-3-5-11(16)15-10/h3-5,7H,1,6H2,2H3,(H,14,17). The van der Waals surface area contributed by atoms with Crippen molar-refractivity contribution in [1.29, 1.82) is 0 Å². The maximum absolute atomic E-state index is 11.8. The zero-order chi connectivity index (χ0) is 12.4. The van der Waals surface area contributed by atoms with Gasteiger partial charge in [0.2, 0.25) is 0 Å². The van der Waals surface area contributed by atoms with Gasteiger partial charge in [0, 0.05) is 22.9 Å². The van der Waals surface area contributed by atoms with Crippen molar-refractivity contribution in [3.05, 3.63) is 46.8 Å². The van der Waals surface area contributed by atoms with Gasteiger partial charge < -0.3 is 9.72 Å². The van der Waals surface area contributed by atoms with E-state index in [-0.39, 0.29) is 5.91 Å². The van der Waals surface area contributed by atoms with Crippen molar-refractivity contribution in [3.63, 3.8) is 0 Å². The predicted molar refractivity (Wildman–Crippen MR) is 70.3 cm³/mol. The Morgan fingerprint density at radius 1 is 1.59 bits per heavy atom. The van der Waals surface area contributed by atoms with E-state index in [1.807, 2.05) is 29.5 Å². The van der Waals surface area contributed by atoms with Crippen LogP contribution in [0.2, 0.25) is 0 Å². The first-order valence-electron chi connectivity index (χ1n) is 5.14. The van der Waals surface area contributed by atoms with Crippen molar-refractivity contribution in [3.8, 4) is 0 Å². The maximum atomic E-state index is 11.8. The molecule has 0 saturated heterocycles. The van der Waals surface area contributed by atoms with Gasteiger partial charge in [-0.3, -0.25) is 4.79 Å². The van der Waals surface area contributed by atoms with Gasteiger partial charge in [-0.25, -0.2) is 4.98 Å². The molecule has 2 aromatic rings. The highest BCUT2D eigenvalue weighted by Crippen LogP contribution is 2.08. The van der Waals surface area contributed by atoms with E-state index < -0.39 is 0 Å². The number of halogens is 1. The van der Waals surface area contributed by atoms with E-state index in [1.165, 1.54) is 0 Å². The molecule has 0 aliphatic heterocycles. The van der Waals surface area contributed by atoms with Crippen molar-refractivity contribution < 1.29 is 4.79 Å². The molecular weight excluding hydrogens is 282 g/mol. The summed E-state index contributed by atoms with van der Waals surface area (Å²) in [6, 6.07) is 5.75. The van der Waals surface area contributed by atoms with E-state index in [4.69, 9.17) is 0 Å². The number of nitrogens with one attached hydrogen (secondary N) is 1. The molecule has 0 radical (unpaired) electrons. The second kappa shape index (κ2) is 4.71. The van der Waals surface area contributed by atoms with Crippen molar-refractivity contribution in [2.45, 2.75) is 6.92 Å². The highest BCUT2D eigenvalue weighted by Gasteiger charge is 2.10. The molecule has 0 atom stereocenters. The molecule has 17 heavy (non-hydrogen) atoms. The van der Waals surface area contributed by atoms with Crippen LogP contribution in [0.3, 0.4) is 0 Å². The molecule has 2 heterocycles. The van der Waals surface area contributed by atoms with Crippen LogP contribution >= 0.6 is 15.9 Å². The van der Waals surface area contributed by atoms with Crippen LogP contribution in [0, 0.1) is 6.92 Å². The number of hydrogen-bond donors (Lipinski definition) is 1. The molecule has 2 aromatic heterocycles. The number of hydrogen-bond acceptors (Lipinski definition) is 2. The lowest BCUT2D eigenvalue weighted by atomic mass is 10.4. The summed E-state index contributed by atoms with van der Waals surface area (Å²) in [5.41, 5.74) is 2.22. The number of aromatic nitrogens is 2. The third kappa shape index (κ3) is 2.55. The summed E-state index contributed by atoms with van der Waals surface area (Å²) >= 11 is 3.19. The molecule has 88 valence electrons. The minimum absolute atomic E-state index is 0.200. The number of amides is 1. The van der Waals surface area contributed by atoms with Gasteiger partial charge in [-0.1, -0.05) is 28.6 Å². The zero-order valence-electron chi connectivity index (χ0n) is 9.40. The number of fused-ring (bicyclic) bond motifs is 1. The fourth-order valence-corrected chi connectivity index (χ4v) is 1.66. The van der Waals surface area contributed by atoms with E-state index in [0.29, 0.717) is 12.2 Å². The van der Waals surface area contributed by atoms with Crippen LogP contribution in [0.25, 0.3) is 5.65 Å². The summed E-state index contributed by atoms with van der Waals surface area (Å²) < 4.78 is 2.61. The molecule has 0 aliphatic rings. The summed E-state index contributed by atoms with van der Waals surface area (Å²) in [6.45, 7) is 6.02. The normalized spacial score (nSPS) is 10.5. The van der Waals surface area contributed by atoms with Crippen LogP contribution in [0.5, 0.6) is 0 Å². The highest BCUT2D eigenvalue weighted by atomic mass is 79.9. The van der Waals surface area contributed by atoms with Crippen LogP contribution in [0.4, 0.5) is 0 Å². The predicted octanol–water partition coefficient (Wildman–Crippen LogP) is 2.28. The molecule has 1 amide bonds. The molecule has 0 fully saturated rings.